The summed E-state index contributed by atoms with van der Waals surface area (Å²) in [6.07, 6.45) is -0.131. The van der Waals surface area contributed by atoms with E-state index in [4.69, 9.17) is 18.9 Å². The summed E-state index contributed by atoms with van der Waals surface area (Å²) in [4.78, 5) is 108. The van der Waals surface area contributed by atoms with Gasteiger partial charge in [-0.05, 0) is 188 Å². The van der Waals surface area contributed by atoms with Gasteiger partial charge in [-0.3, -0.25) is 28.8 Å². The highest BCUT2D eigenvalue weighted by atomic mass is 16.7. The molecule has 4 heterocycles. The molecule has 2 spiro atoms. The van der Waals surface area contributed by atoms with Crippen LogP contribution in [-0.2, 0) is 25.4 Å². The zero-order valence-electron chi connectivity index (χ0n) is 70.3. The van der Waals surface area contributed by atoms with Crippen molar-refractivity contribution in [3.8, 4) is 45.6 Å². The quantitative estimate of drug-likeness (QED) is 0.00962. The van der Waals surface area contributed by atoms with Crippen molar-refractivity contribution in [2.45, 2.75) is 99.1 Å². The van der Waals surface area contributed by atoms with Crippen molar-refractivity contribution in [1.82, 2.24) is 20.4 Å². The molecule has 15 rings (SSSR count). The van der Waals surface area contributed by atoms with Crippen LogP contribution < -0.4 is 55.1 Å². The van der Waals surface area contributed by atoms with Gasteiger partial charge in [0.2, 0.25) is 0 Å². The zero-order chi connectivity index (χ0) is 85.6. The molecule has 22 nitrogen and oxygen atoms in total. The molecule has 0 radical (unpaired) electrons. The Morgan fingerprint density at radius 1 is 0.430 bits per heavy atom. The van der Waals surface area contributed by atoms with Gasteiger partial charge >= 0.3 is 6.16 Å². The van der Waals surface area contributed by atoms with Gasteiger partial charge < -0.3 is 74.7 Å². The second-order valence-corrected chi connectivity index (χ2v) is 30.6. The number of phenols is 1. The molecule has 121 heavy (non-hydrogen) atoms. The lowest BCUT2D eigenvalue weighted by atomic mass is 9.74. The molecular weight excluding hydrogens is 1520 g/mol. The molecular formula is C99H104N10O12. The van der Waals surface area contributed by atoms with Gasteiger partial charge in [0.05, 0.1) is 22.5 Å². The van der Waals surface area contributed by atoms with Crippen LogP contribution in [0.4, 0.5) is 38.9 Å². The van der Waals surface area contributed by atoms with Crippen molar-refractivity contribution in [2.75, 3.05) is 115 Å². The molecule has 0 fully saturated rings. The third-order valence-corrected chi connectivity index (χ3v) is 23.7. The van der Waals surface area contributed by atoms with Crippen LogP contribution in [0, 0.1) is 0 Å². The number of amides is 6. The number of anilines is 6. The van der Waals surface area contributed by atoms with Crippen molar-refractivity contribution in [3.05, 3.63) is 297 Å². The summed E-state index contributed by atoms with van der Waals surface area (Å²) in [5.74, 6) is 0.416. The molecule has 10 aromatic rings. The number of nitrogens with zero attached hydrogens (tertiary/aromatic N) is 6. The largest absolute Gasteiger partial charge is 0.513 e. The van der Waals surface area contributed by atoms with Crippen molar-refractivity contribution < 1.29 is 57.6 Å². The number of benzene rings is 10. The molecule has 6 amide bonds. The predicted octanol–water partition coefficient (Wildman–Crippen LogP) is 18.2. The molecule has 622 valence electrons. The molecule has 0 aromatic heterocycles. The summed E-state index contributed by atoms with van der Waals surface area (Å²) in [6.45, 7) is 35.2. The van der Waals surface area contributed by atoms with Crippen molar-refractivity contribution in [1.29, 1.82) is 0 Å². The van der Waals surface area contributed by atoms with Crippen LogP contribution in [0.1, 0.15) is 174 Å². The molecule has 4 aliphatic heterocycles. The second-order valence-electron chi connectivity index (χ2n) is 30.6. The van der Waals surface area contributed by atoms with E-state index >= 15 is 0 Å². The van der Waals surface area contributed by atoms with E-state index in [0.29, 0.717) is 53.5 Å². The summed E-state index contributed by atoms with van der Waals surface area (Å²) < 4.78 is 25.0. The maximum Gasteiger partial charge on any atom is 0.513 e. The van der Waals surface area contributed by atoms with Crippen LogP contribution in [0.2, 0.25) is 0 Å². The number of hydrogen-bond donors (Lipinski definition) is 5. The molecule has 0 saturated heterocycles. The first-order valence-corrected chi connectivity index (χ1v) is 41.9. The van der Waals surface area contributed by atoms with Crippen LogP contribution in [0.15, 0.2) is 231 Å². The van der Waals surface area contributed by atoms with Gasteiger partial charge in [-0.1, -0.05) is 122 Å². The van der Waals surface area contributed by atoms with Gasteiger partial charge in [0.1, 0.15) is 52.2 Å². The molecule has 0 unspecified atom stereocenters. The smallest absolute Gasteiger partial charge is 0.508 e. The van der Waals surface area contributed by atoms with E-state index < -0.39 is 40.9 Å². The fraction of sp³-hybridized carbons (Fsp3) is 0.283. The Kier molecular flexibility index (Phi) is 24.9. The lowest BCUT2D eigenvalue weighted by Crippen LogP contribution is -2.48. The van der Waals surface area contributed by atoms with Gasteiger partial charge in [0.25, 0.3) is 35.4 Å². The molecule has 22 heteroatoms. The first kappa shape index (κ1) is 83.8. The van der Waals surface area contributed by atoms with E-state index in [1.165, 1.54) is 36.4 Å². The third kappa shape index (κ3) is 15.7. The van der Waals surface area contributed by atoms with Gasteiger partial charge in [-0.15, -0.1) is 0 Å². The van der Waals surface area contributed by atoms with Crippen molar-refractivity contribution in [3.63, 3.8) is 0 Å². The fourth-order valence-corrected chi connectivity index (χ4v) is 17.8. The van der Waals surface area contributed by atoms with Crippen LogP contribution in [-0.4, -0.2) is 142 Å². The third-order valence-electron chi connectivity index (χ3n) is 23.7. The highest BCUT2D eigenvalue weighted by molar-refractivity contribution is 6.10. The molecule has 5 N–H and O–H groups in total. The summed E-state index contributed by atoms with van der Waals surface area (Å²) in [6, 6.07) is 65.3. The Morgan fingerprint density at radius 2 is 0.777 bits per heavy atom. The molecule has 0 bridgehead atoms. The number of hydrogen-bond acceptors (Lipinski definition) is 16. The standard InChI is InChI=1S/C57H57N5O7.C42H47N5O5/c1-7-60(8-2)37-24-27-48-51(32-37)69-52-33-38(61(9-3)10-4)25-28-49(52)57(48)47-23-16-15-22-44(47)55(65)62(57)31-17-30-58-54(64)45-34-39(26-29-50(45)59-53(63)36(5)6)68-56(66)67-35-46-42-20-13-11-18-40(42)41-19-12-14-21-43(41)46;1-7-45(8-2)28-16-19-34-37(24-28)52-38-25-29(46(9-3)10-4)17-20-35(38)42(34)33-15-12-11-14-31(33)41(51)47(42)23-13-22-43-40(50)32-26-30(48)18-21-36(32)44-39(49)27(5)6/h11-16,18-29,32-34,46H,5,7-10,17,30-31,35H2,1-4,6H3,(H,58,64)(H,59,63);11-12,14-21,24-26,48H,5,7-10,13,22-23H2,1-4,6H3,(H,43,50)(H,44,49). The predicted molar refractivity (Wildman–Crippen MR) is 476 cm³/mol. The highest BCUT2D eigenvalue weighted by Gasteiger charge is 2.58. The van der Waals surface area contributed by atoms with E-state index in [9.17, 15) is 38.7 Å². The van der Waals surface area contributed by atoms with E-state index in [-0.39, 0.29) is 89.1 Å². The Labute approximate surface area is 707 Å². The van der Waals surface area contributed by atoms with E-state index in [2.05, 4.69) is 194 Å². The van der Waals surface area contributed by atoms with Crippen LogP contribution in [0.25, 0.3) is 11.1 Å². The number of ether oxygens (including phenoxy) is 4. The van der Waals surface area contributed by atoms with Crippen molar-refractivity contribution in [2.24, 2.45) is 0 Å². The minimum absolute atomic E-state index is 0.0533. The summed E-state index contributed by atoms with van der Waals surface area (Å²) >= 11 is 0. The normalized spacial score (nSPS) is 13.5. The fourth-order valence-electron chi connectivity index (χ4n) is 17.8. The average molecular weight is 1630 g/mol. The molecule has 1 aliphatic carbocycles. The second kappa shape index (κ2) is 35.9. The molecule has 0 atom stereocenters. The summed E-state index contributed by atoms with van der Waals surface area (Å²) in [7, 11) is 0. The number of carbonyl (C=O) groups excluding carboxylic acids is 7. The summed E-state index contributed by atoms with van der Waals surface area (Å²) in [5, 5.41) is 21.5. The number of rotatable bonds is 29. The Morgan fingerprint density at radius 3 is 1.15 bits per heavy atom. The van der Waals surface area contributed by atoms with E-state index in [1.807, 2.05) is 94.7 Å². The molecule has 5 aliphatic rings. The Bertz CT molecular complexity index is 5540. The Balaban J connectivity index is 0.000000206. The maximum absolute atomic E-state index is 14.8. The molecule has 10 aromatic carbocycles. The van der Waals surface area contributed by atoms with Crippen LogP contribution >= 0.6 is 0 Å². The summed E-state index contributed by atoms with van der Waals surface area (Å²) in [5.41, 5.74) is 14.1. The first-order valence-electron chi connectivity index (χ1n) is 41.9. The van der Waals surface area contributed by atoms with Gasteiger partial charge in [0, 0.05) is 176 Å². The van der Waals surface area contributed by atoms with Crippen LogP contribution in [0.3, 0.4) is 0 Å². The minimum Gasteiger partial charge on any atom is -0.508 e. The van der Waals surface area contributed by atoms with Gasteiger partial charge in [-0.2, -0.15) is 0 Å². The number of fused-ring (bicyclic) bond motifs is 15. The van der Waals surface area contributed by atoms with Gasteiger partial charge in [-0.25, -0.2) is 4.79 Å². The number of carbonyl (C=O) groups is 7. The lowest BCUT2D eigenvalue weighted by molar-refractivity contribution is -0.113. The maximum atomic E-state index is 14.8. The van der Waals surface area contributed by atoms with Gasteiger partial charge in [0.15, 0.2) is 0 Å². The number of nitrogens with one attached hydrogen (secondary N) is 4. The monoisotopic (exact) mass is 1620 g/mol. The van der Waals surface area contributed by atoms with E-state index in [0.717, 1.165) is 131 Å². The van der Waals surface area contributed by atoms with Crippen LogP contribution in [0.5, 0.6) is 34.5 Å². The SMILES string of the molecule is C=C(C)C(=O)Nc1ccc(O)cc1C(=O)NCCCN1C(=O)c2ccccc2C12c1ccc(N(CC)CC)cc1Oc1cc(N(CC)CC)ccc12.C=C(C)C(=O)Nc1ccc(OC(=O)OCC2c3ccccc3-c3ccccc32)cc1C(=O)NCCCN1C(=O)c2ccccc2C12c1ccc(N(CC)CC)cc1Oc1cc(N(CC)CC)ccc12. The average Bonchev–Trinajstić information content (AvgIpc) is 1.56. The minimum atomic E-state index is -1.03. The van der Waals surface area contributed by atoms with E-state index in [1.54, 1.807) is 13.8 Å². The number of aromatic hydroxyl groups is 1. The molecule has 0 saturated carbocycles. The Hall–Kier alpha value is -13.6. The lowest BCUT2D eigenvalue weighted by Gasteiger charge is -2.45. The zero-order valence-corrected chi connectivity index (χ0v) is 70.3. The highest BCUT2D eigenvalue weighted by Crippen LogP contribution is 2.61. The first-order chi connectivity index (χ1) is 58.6. The topological polar surface area (TPSA) is 244 Å². The van der Waals surface area contributed by atoms with Crippen molar-refractivity contribution >= 4 is 75.7 Å². The number of phenolic OH excluding ortho intramolecular Hbond substituents is 1.